The molecular weight excluding hydrogens is 1720 g/mol. The molecule has 12 aromatic heterocycles. The molecule has 4 aliphatic heterocycles. The van der Waals surface area contributed by atoms with Crippen LogP contribution < -0.4 is 50.5 Å². The molecule has 0 unspecified atom stereocenters. The average molecular weight is 1820 g/mol. The van der Waals surface area contributed by atoms with Crippen molar-refractivity contribution in [3.8, 4) is 68.0 Å². The first-order chi connectivity index (χ1) is 64.0. The van der Waals surface area contributed by atoms with Gasteiger partial charge < -0.3 is 49.0 Å². The van der Waals surface area contributed by atoms with Crippen molar-refractivity contribution in [3.63, 3.8) is 0 Å². The van der Waals surface area contributed by atoms with Crippen molar-refractivity contribution in [3.05, 3.63) is 269 Å². The number of anilines is 4. The first-order valence-electron chi connectivity index (χ1n) is 43.8. The van der Waals surface area contributed by atoms with Crippen LogP contribution in [0.25, 0.3) is 88.1 Å². The van der Waals surface area contributed by atoms with Gasteiger partial charge in [0.15, 0.2) is 0 Å². The van der Waals surface area contributed by atoms with Crippen LogP contribution in [0, 0.1) is 64.8 Å². The van der Waals surface area contributed by atoms with Gasteiger partial charge in [-0.05, 0) is 179 Å². The van der Waals surface area contributed by atoms with Gasteiger partial charge in [0.25, 0.3) is 0 Å². The fourth-order valence-electron chi connectivity index (χ4n) is 17.5. The van der Waals surface area contributed by atoms with E-state index in [1.807, 2.05) is 117 Å². The van der Waals surface area contributed by atoms with Crippen molar-refractivity contribution < 1.29 is 55.6 Å². The molecule has 0 saturated heterocycles. The molecule has 0 radical (unpaired) electrons. The van der Waals surface area contributed by atoms with Gasteiger partial charge in [-0.25, -0.2) is 47.1 Å². The molecule has 134 heavy (non-hydrogen) atoms. The summed E-state index contributed by atoms with van der Waals surface area (Å²) in [5.74, 6) is 3.21. The summed E-state index contributed by atoms with van der Waals surface area (Å²) < 4.78 is 100. The number of aromatic nitrogens is 16. The molecule has 0 atom stereocenters. The number of benzene rings is 4. The van der Waals surface area contributed by atoms with Gasteiger partial charge in [0.2, 0.25) is 11.1 Å². The molecule has 0 fully saturated rings. The fourth-order valence-corrected chi connectivity index (χ4v) is 17.5. The Morgan fingerprint density at radius 2 is 0.687 bits per heavy atom. The highest BCUT2D eigenvalue weighted by Crippen LogP contribution is 2.43. The van der Waals surface area contributed by atoms with Gasteiger partial charge >= 0.3 is 12.2 Å². The second-order valence-corrected chi connectivity index (χ2v) is 35.4. The van der Waals surface area contributed by atoms with Crippen molar-refractivity contribution >= 4 is 78.5 Å². The Bertz CT molecular complexity index is 7470. The van der Waals surface area contributed by atoms with Crippen molar-refractivity contribution in [2.24, 2.45) is 28.2 Å². The van der Waals surface area contributed by atoms with Crippen LogP contribution in [-0.2, 0) is 89.5 Å². The monoisotopic (exact) mass is 1820 g/mol. The number of fused-ring (bicyclic) bond motifs is 8. The Kier molecular flexibility index (Phi) is 24.8. The molecule has 30 nitrogen and oxygen atoms in total. The maximum absolute atomic E-state index is 15.1. The molecule has 0 spiro atoms. The number of aromatic amines is 2. The lowest BCUT2D eigenvalue weighted by molar-refractivity contribution is 0.0565. The molecular formula is C100H100F4N20O10. The van der Waals surface area contributed by atoms with Gasteiger partial charge in [0.1, 0.15) is 80.7 Å². The van der Waals surface area contributed by atoms with Gasteiger partial charge in [0.05, 0.1) is 85.1 Å². The number of pyridine rings is 8. The summed E-state index contributed by atoms with van der Waals surface area (Å²) >= 11 is 0. The van der Waals surface area contributed by atoms with Crippen molar-refractivity contribution in [1.82, 2.24) is 79.0 Å². The zero-order chi connectivity index (χ0) is 94.6. The summed E-state index contributed by atoms with van der Waals surface area (Å²) in [5.41, 5.74) is 15.3. The third-order valence-electron chi connectivity index (χ3n) is 23.5. The van der Waals surface area contributed by atoms with E-state index in [4.69, 9.17) is 33.4 Å². The van der Waals surface area contributed by atoms with E-state index in [1.165, 1.54) is 46.3 Å². The Balaban J connectivity index is 0.000000125. The highest BCUT2D eigenvalue weighted by Gasteiger charge is 2.35. The molecule has 16 aromatic rings. The molecule has 16 heterocycles. The van der Waals surface area contributed by atoms with E-state index < -0.39 is 35.0 Å². The second kappa shape index (κ2) is 36.8. The molecule has 4 aromatic carbocycles. The van der Waals surface area contributed by atoms with Gasteiger partial charge in [-0.2, -0.15) is 20.4 Å². The maximum atomic E-state index is 15.1. The van der Waals surface area contributed by atoms with Crippen molar-refractivity contribution in [2.45, 2.75) is 146 Å². The summed E-state index contributed by atoms with van der Waals surface area (Å²) in [6.07, 6.45) is 14.7. The Hall–Kier alpha value is -15.4. The molecule has 34 heteroatoms. The predicted molar refractivity (Wildman–Crippen MR) is 503 cm³/mol. The molecule has 0 aliphatic carbocycles. The summed E-state index contributed by atoms with van der Waals surface area (Å²) in [5, 5.41) is 30.3. The van der Waals surface area contributed by atoms with E-state index in [2.05, 4.69) is 72.0 Å². The first kappa shape index (κ1) is 90.6. The lowest BCUT2D eigenvalue weighted by Gasteiger charge is -2.28. The van der Waals surface area contributed by atoms with Crippen LogP contribution in [-0.4, -0.2) is 129 Å². The van der Waals surface area contributed by atoms with E-state index in [9.17, 15) is 28.0 Å². The Morgan fingerprint density at radius 1 is 0.381 bits per heavy atom. The van der Waals surface area contributed by atoms with Crippen LogP contribution in [0.4, 0.5) is 50.4 Å². The SMILES string of the molecule is Cc1cc(-c2cnc(N(Cc3c(F)ccc4c3CCO4)C(=O)OC(C)(C)C)c3c[nH]c(=O)cc23)n(C)n1.Cc1cc(-c2cnc(NCc3c(F)ccc4c3CCO4)c3c[nH]c(=O)cc23)n(C)n1.Cc1cc2c(-c3cc(C)nn3C)cnc(N(Cc3c(F)ccc4c3CCO4)C(=O)OC(C)(C)C)c2cn1.Cc1cc2c(-c3cc(C)nn3C)cnc(NCc3c(F)ccc4c3CCO4)c2cn1. The zero-order valence-electron chi connectivity index (χ0n) is 77.1. The smallest absolute Gasteiger partial charge is 0.416 e. The third-order valence-corrected chi connectivity index (χ3v) is 23.5. The number of aryl methyl sites for hydroxylation is 10. The molecule has 4 aliphatic rings. The highest BCUT2D eigenvalue weighted by atomic mass is 19.1. The van der Waals surface area contributed by atoms with Crippen LogP contribution in [0.3, 0.4) is 0 Å². The van der Waals surface area contributed by atoms with Gasteiger partial charge in [-0.1, -0.05) is 0 Å². The predicted octanol–water partition coefficient (Wildman–Crippen LogP) is 18.0. The van der Waals surface area contributed by atoms with Crippen LogP contribution in [0.5, 0.6) is 23.0 Å². The first-order valence-corrected chi connectivity index (χ1v) is 43.8. The van der Waals surface area contributed by atoms with E-state index in [0.717, 1.165) is 135 Å². The number of nitrogens with zero attached hydrogens (tertiary/aromatic N) is 16. The van der Waals surface area contributed by atoms with Crippen LogP contribution in [0.1, 0.15) is 120 Å². The van der Waals surface area contributed by atoms with E-state index >= 15 is 8.78 Å². The van der Waals surface area contributed by atoms with Gasteiger partial charge in [-0.15, -0.1) is 0 Å². The van der Waals surface area contributed by atoms with Crippen molar-refractivity contribution in [1.29, 1.82) is 0 Å². The number of carbonyl (C=O) groups is 2. The molecule has 4 N–H and O–H groups in total. The molecule has 20 rings (SSSR count). The van der Waals surface area contributed by atoms with Crippen LogP contribution in [0.15, 0.2) is 156 Å². The lowest BCUT2D eigenvalue weighted by Crippen LogP contribution is -2.37. The van der Waals surface area contributed by atoms with Gasteiger partial charge in [0, 0.05) is 239 Å². The molecule has 688 valence electrons. The quantitative estimate of drug-likeness (QED) is 0.0653. The minimum Gasteiger partial charge on any atom is -0.493 e. The zero-order valence-corrected chi connectivity index (χ0v) is 77.1. The minimum absolute atomic E-state index is 0.0621. The molecule has 0 saturated carbocycles. The van der Waals surface area contributed by atoms with Crippen LogP contribution in [0.2, 0.25) is 0 Å². The van der Waals surface area contributed by atoms with E-state index in [0.29, 0.717) is 131 Å². The number of hydrogen-bond acceptors (Lipinski definition) is 22. The van der Waals surface area contributed by atoms with Gasteiger partial charge in [-0.3, -0.25) is 48.1 Å². The van der Waals surface area contributed by atoms with E-state index in [1.54, 1.807) is 117 Å². The average Bonchev–Trinajstić information content (AvgIpc) is 1.27. The standard InChI is InChI=1S/C28H30FN5O3.C27H28FN5O4.C23H22FN5O.C22H20FN5O2/c1-16-11-19-20(24-12-17(2)32-33(24)6)13-31-26(21(19)14-30-16)34(27(35)37-28(3,4)5)15-22-18-9-10-36-25(18)8-7-23(22)29;1-15-10-22(32(5)31-15)18-12-30-25(19-13-29-24(34)11-17(18)19)33(26(35)37-27(2,3)4)14-20-16-8-9-36-23(16)7-6-21(20)28;1-13-8-16-18(21-9-14(2)28-29(21)3)11-27-23(19(16)12-25-13)26-10-17-15-6-7-30-22(15)5-4-20(17)24;1-12-7-19(28(2)27-12)16-10-26-22(17-11-24-21(29)8-14(16)17)25-9-15-13-5-6-30-20(13)4-3-18(15)23/h7-8,11-14H,9-10,15H2,1-6H3;6-7,10-13H,8-9,14H2,1-5H3,(H,29,34);4-5,8-9,11-12H,6-7,10H2,1-3H3,(H,26,27);3-4,7-8,10-11H,5-6,9H2,1-2H3,(H,24,29)(H,25,26). The lowest BCUT2D eigenvalue weighted by atomic mass is 10.0. The largest absolute Gasteiger partial charge is 0.493 e. The Morgan fingerprint density at radius 3 is 1.04 bits per heavy atom. The summed E-state index contributed by atoms with van der Waals surface area (Å²) in [6.45, 7) is 24.7. The second-order valence-electron chi connectivity index (χ2n) is 35.4. The summed E-state index contributed by atoms with van der Waals surface area (Å²) in [6, 6.07) is 27.1. The maximum Gasteiger partial charge on any atom is 0.416 e. The third kappa shape index (κ3) is 18.7. The topological polar surface area (TPSA) is 334 Å². The summed E-state index contributed by atoms with van der Waals surface area (Å²) in [7, 11) is 7.47. The van der Waals surface area contributed by atoms with E-state index in [-0.39, 0.29) is 48.2 Å². The number of H-pyrrole nitrogens is 2. The highest BCUT2D eigenvalue weighted by molar-refractivity contribution is 6.07. The number of nitrogens with one attached hydrogen (secondary N) is 4. The summed E-state index contributed by atoms with van der Waals surface area (Å²) in [4.78, 5) is 87.1. The number of ether oxygens (including phenoxy) is 6. The number of amides is 2. The Labute approximate surface area is 767 Å². The number of rotatable bonds is 16. The van der Waals surface area contributed by atoms with Crippen LogP contribution >= 0.6 is 0 Å². The number of hydrogen-bond donors (Lipinski definition) is 4. The number of carbonyl (C=O) groups excluding carboxylic acids is 2. The normalized spacial score (nSPS) is 12.9. The minimum atomic E-state index is -0.800. The fraction of sp³-hybridized carbons (Fsp3) is 0.300. The molecule has 0 bridgehead atoms. The molecule has 2 amide bonds. The number of halogens is 4. The van der Waals surface area contributed by atoms with Crippen molar-refractivity contribution in [2.75, 3.05) is 46.9 Å².